The third-order valence-electron chi connectivity index (χ3n) is 4.28. The molecular formula is C22H20N2O5S. The molecule has 0 aliphatic rings. The maximum Gasteiger partial charge on any atom is 0.337 e. The Hall–Kier alpha value is -3.49. The van der Waals surface area contributed by atoms with Gasteiger partial charge in [0.15, 0.2) is 0 Å². The summed E-state index contributed by atoms with van der Waals surface area (Å²) in [5.74, 6) is -0.972. The lowest BCUT2D eigenvalue weighted by molar-refractivity contribution is 0.0600. The molecule has 8 heteroatoms. The lowest BCUT2D eigenvalue weighted by atomic mass is 10.1. The number of carbonyl (C=O) groups is 2. The van der Waals surface area contributed by atoms with Crippen LogP contribution in [0, 0.1) is 0 Å². The second-order valence-electron chi connectivity index (χ2n) is 6.36. The topological polar surface area (TPSA) is 102 Å². The van der Waals surface area contributed by atoms with Crippen LogP contribution in [0.15, 0.2) is 83.8 Å². The summed E-state index contributed by atoms with van der Waals surface area (Å²) >= 11 is 0. The molecule has 30 heavy (non-hydrogen) atoms. The van der Waals surface area contributed by atoms with Gasteiger partial charge in [-0.1, -0.05) is 36.4 Å². The number of rotatable bonds is 7. The van der Waals surface area contributed by atoms with Gasteiger partial charge in [0.25, 0.3) is 5.91 Å². The summed E-state index contributed by atoms with van der Waals surface area (Å²) in [6, 6.07) is 21.1. The van der Waals surface area contributed by atoms with Crippen molar-refractivity contribution in [3.8, 4) is 0 Å². The summed E-state index contributed by atoms with van der Waals surface area (Å²) in [5.41, 5.74) is 1.81. The third-order valence-corrected chi connectivity index (χ3v) is 5.69. The number of methoxy groups -OCH3 is 1. The van der Waals surface area contributed by atoms with Crippen LogP contribution in [-0.4, -0.2) is 27.4 Å². The van der Waals surface area contributed by atoms with E-state index in [4.69, 9.17) is 0 Å². The average Bonchev–Trinajstić information content (AvgIpc) is 2.78. The molecule has 0 bridgehead atoms. The fraction of sp³-hybridized carbons (Fsp3) is 0.0909. The molecule has 2 N–H and O–H groups in total. The van der Waals surface area contributed by atoms with E-state index in [2.05, 4.69) is 14.8 Å². The molecule has 0 saturated carbocycles. The minimum atomic E-state index is -3.69. The molecule has 0 radical (unpaired) electrons. The first-order chi connectivity index (χ1) is 14.4. The number of ether oxygens (including phenoxy) is 1. The van der Waals surface area contributed by atoms with E-state index in [0.29, 0.717) is 5.69 Å². The first-order valence-electron chi connectivity index (χ1n) is 9.02. The van der Waals surface area contributed by atoms with Crippen LogP contribution in [0.5, 0.6) is 0 Å². The number of amides is 1. The molecule has 0 spiro atoms. The number of carbonyl (C=O) groups excluding carboxylic acids is 2. The van der Waals surface area contributed by atoms with Crippen LogP contribution in [0.1, 0.15) is 26.3 Å². The Kier molecular flexibility index (Phi) is 6.61. The zero-order chi connectivity index (χ0) is 21.6. The molecule has 0 saturated heterocycles. The average molecular weight is 424 g/mol. The Balaban J connectivity index is 1.66. The number of hydrogen-bond donors (Lipinski definition) is 2. The van der Waals surface area contributed by atoms with E-state index >= 15 is 0 Å². The third kappa shape index (κ3) is 5.31. The maximum atomic E-state index is 12.4. The van der Waals surface area contributed by atoms with Crippen molar-refractivity contribution in [1.29, 1.82) is 0 Å². The summed E-state index contributed by atoms with van der Waals surface area (Å²) in [5, 5.41) is 2.67. The van der Waals surface area contributed by atoms with Gasteiger partial charge in [-0.15, -0.1) is 0 Å². The molecule has 0 aromatic heterocycles. The summed E-state index contributed by atoms with van der Waals surface area (Å²) < 4.78 is 32.1. The molecule has 0 heterocycles. The van der Waals surface area contributed by atoms with Crippen LogP contribution in [-0.2, 0) is 21.3 Å². The molecule has 1 amide bonds. The molecule has 154 valence electrons. The van der Waals surface area contributed by atoms with Gasteiger partial charge < -0.3 is 10.1 Å². The Labute approximate surface area is 174 Å². The minimum absolute atomic E-state index is 0.0871. The Bertz CT molecular complexity index is 1140. The Morgan fingerprint density at radius 3 is 2.20 bits per heavy atom. The normalized spacial score (nSPS) is 11.0. The predicted molar refractivity (Wildman–Crippen MR) is 113 cm³/mol. The lowest BCUT2D eigenvalue weighted by Crippen LogP contribution is -2.23. The van der Waals surface area contributed by atoms with Gasteiger partial charge in [-0.2, -0.15) is 0 Å². The van der Waals surface area contributed by atoms with Gasteiger partial charge in [-0.3, -0.25) is 4.79 Å². The van der Waals surface area contributed by atoms with Crippen LogP contribution in [0.25, 0.3) is 0 Å². The number of esters is 1. The van der Waals surface area contributed by atoms with E-state index in [1.807, 2.05) is 30.3 Å². The molecule has 0 aliphatic carbocycles. The molecule has 3 aromatic carbocycles. The van der Waals surface area contributed by atoms with Crippen molar-refractivity contribution in [2.75, 3.05) is 12.4 Å². The van der Waals surface area contributed by atoms with Crippen molar-refractivity contribution in [2.24, 2.45) is 0 Å². The molecule has 3 aromatic rings. The number of hydrogen-bond acceptors (Lipinski definition) is 5. The summed E-state index contributed by atoms with van der Waals surface area (Å²) in [6.07, 6.45) is 0. The zero-order valence-corrected chi connectivity index (χ0v) is 17.0. The number of nitrogens with one attached hydrogen (secondary N) is 2. The van der Waals surface area contributed by atoms with E-state index in [0.717, 1.165) is 5.56 Å². The van der Waals surface area contributed by atoms with Crippen LogP contribution < -0.4 is 10.0 Å². The van der Waals surface area contributed by atoms with E-state index in [1.165, 1.54) is 37.4 Å². The van der Waals surface area contributed by atoms with Crippen LogP contribution >= 0.6 is 0 Å². The van der Waals surface area contributed by atoms with Crippen molar-refractivity contribution in [3.05, 3.63) is 95.6 Å². The maximum absolute atomic E-state index is 12.4. The van der Waals surface area contributed by atoms with E-state index in [9.17, 15) is 18.0 Å². The van der Waals surface area contributed by atoms with Crippen molar-refractivity contribution >= 4 is 27.6 Å². The fourth-order valence-corrected chi connectivity index (χ4v) is 3.70. The molecular weight excluding hydrogens is 404 g/mol. The monoisotopic (exact) mass is 424 g/mol. The van der Waals surface area contributed by atoms with Gasteiger partial charge in [0.2, 0.25) is 10.0 Å². The smallest absolute Gasteiger partial charge is 0.337 e. The predicted octanol–water partition coefficient (Wildman–Crippen LogP) is 3.20. The van der Waals surface area contributed by atoms with Crippen molar-refractivity contribution in [3.63, 3.8) is 0 Å². The van der Waals surface area contributed by atoms with Gasteiger partial charge in [0.1, 0.15) is 0 Å². The van der Waals surface area contributed by atoms with E-state index in [-0.39, 0.29) is 22.6 Å². The molecule has 0 atom stereocenters. The van der Waals surface area contributed by atoms with Crippen molar-refractivity contribution in [1.82, 2.24) is 4.72 Å². The number of sulfonamides is 1. The standard InChI is InChI=1S/C22H20N2O5S/c1-29-22(26)18-9-5-8-17(14-18)21(25)24-19-10-12-20(13-11-19)30(27,28)23-15-16-6-3-2-4-7-16/h2-14,23H,15H2,1H3,(H,24,25). The Morgan fingerprint density at radius 1 is 0.867 bits per heavy atom. The Morgan fingerprint density at radius 2 is 1.53 bits per heavy atom. The SMILES string of the molecule is COC(=O)c1cccc(C(=O)Nc2ccc(S(=O)(=O)NCc3ccccc3)cc2)c1. The van der Waals surface area contributed by atoms with Gasteiger partial charge in [0.05, 0.1) is 17.6 Å². The quantitative estimate of drug-likeness (QED) is 0.567. The van der Waals surface area contributed by atoms with E-state index < -0.39 is 21.9 Å². The van der Waals surface area contributed by atoms with E-state index in [1.54, 1.807) is 18.2 Å². The second-order valence-corrected chi connectivity index (χ2v) is 8.13. The highest BCUT2D eigenvalue weighted by molar-refractivity contribution is 7.89. The van der Waals surface area contributed by atoms with Gasteiger partial charge in [-0.05, 0) is 48.0 Å². The summed E-state index contributed by atoms with van der Waals surface area (Å²) in [4.78, 5) is 24.1. The highest BCUT2D eigenvalue weighted by Crippen LogP contribution is 2.16. The molecule has 0 fully saturated rings. The van der Waals surface area contributed by atoms with Crippen molar-refractivity contribution < 1.29 is 22.7 Å². The molecule has 3 rings (SSSR count). The highest BCUT2D eigenvalue weighted by Gasteiger charge is 2.15. The lowest BCUT2D eigenvalue weighted by Gasteiger charge is -2.09. The zero-order valence-electron chi connectivity index (χ0n) is 16.2. The van der Waals surface area contributed by atoms with Crippen LogP contribution in [0.3, 0.4) is 0 Å². The van der Waals surface area contributed by atoms with Gasteiger partial charge in [-0.25, -0.2) is 17.9 Å². The van der Waals surface area contributed by atoms with Crippen LogP contribution in [0.4, 0.5) is 5.69 Å². The van der Waals surface area contributed by atoms with Gasteiger partial charge >= 0.3 is 5.97 Å². The van der Waals surface area contributed by atoms with Crippen molar-refractivity contribution in [2.45, 2.75) is 11.4 Å². The second kappa shape index (κ2) is 9.34. The highest BCUT2D eigenvalue weighted by atomic mass is 32.2. The largest absolute Gasteiger partial charge is 0.465 e. The summed E-state index contributed by atoms with van der Waals surface area (Å²) in [7, 11) is -2.42. The summed E-state index contributed by atoms with van der Waals surface area (Å²) in [6.45, 7) is 0.179. The van der Waals surface area contributed by atoms with Crippen LogP contribution in [0.2, 0.25) is 0 Å². The molecule has 0 unspecified atom stereocenters. The first kappa shape index (κ1) is 21.2. The number of anilines is 1. The van der Waals surface area contributed by atoms with Gasteiger partial charge in [0, 0.05) is 17.8 Å². The number of benzene rings is 3. The fourth-order valence-electron chi connectivity index (χ4n) is 2.68. The minimum Gasteiger partial charge on any atom is -0.465 e. The molecule has 0 aliphatic heterocycles. The first-order valence-corrected chi connectivity index (χ1v) is 10.5. The molecule has 7 nitrogen and oxygen atoms in total.